The maximum atomic E-state index is 11.8. The summed E-state index contributed by atoms with van der Waals surface area (Å²) in [7, 11) is -3.04. The molecule has 1 unspecified atom stereocenters. The molecule has 0 spiro atoms. The van der Waals surface area contributed by atoms with E-state index in [9.17, 15) is 23.1 Å². The summed E-state index contributed by atoms with van der Waals surface area (Å²) >= 11 is 5.80. The first-order valence-electron chi connectivity index (χ1n) is 7.42. The first-order chi connectivity index (χ1) is 12.0. The second kappa shape index (κ2) is 7.23. The molecule has 0 saturated carbocycles. The van der Waals surface area contributed by atoms with Crippen LogP contribution in [0.5, 0.6) is 5.75 Å². The number of primary sulfonamides is 1. The number of phenolic OH excluding ortho intramolecular Hbond substituents is 1. The Labute approximate surface area is 154 Å². The lowest BCUT2D eigenvalue weighted by molar-refractivity contribution is 0.124. The smallest absolute Gasteiger partial charge is 0.253 e. The molecule has 9 nitrogen and oxygen atoms in total. The van der Waals surface area contributed by atoms with Gasteiger partial charge in [0.05, 0.1) is 5.02 Å². The van der Waals surface area contributed by atoms with E-state index in [0.717, 1.165) is 0 Å². The van der Waals surface area contributed by atoms with Gasteiger partial charge in [0.15, 0.2) is 6.23 Å². The highest BCUT2D eigenvalue weighted by molar-refractivity contribution is 7.89. The van der Waals surface area contributed by atoms with Crippen molar-refractivity contribution in [2.45, 2.75) is 31.0 Å². The van der Waals surface area contributed by atoms with E-state index < -0.39 is 37.8 Å². The van der Waals surface area contributed by atoms with Crippen LogP contribution in [0.15, 0.2) is 26.6 Å². The minimum absolute atomic E-state index is 0.0236. The van der Waals surface area contributed by atoms with Crippen molar-refractivity contribution in [1.29, 1.82) is 0 Å². The summed E-state index contributed by atoms with van der Waals surface area (Å²) in [6.07, 6.45) is -1.14. The summed E-state index contributed by atoms with van der Waals surface area (Å²) in [4.78, 5) is 22.9. The maximum absolute atomic E-state index is 11.8. The monoisotopic (exact) mass is 403 g/mol. The number of benzene rings is 1. The summed E-state index contributed by atoms with van der Waals surface area (Å²) < 4.78 is 28.5. The lowest BCUT2D eigenvalue weighted by atomic mass is 10.1. The molecule has 0 aliphatic heterocycles. The van der Waals surface area contributed by atoms with E-state index in [2.05, 4.69) is 10.6 Å². The van der Waals surface area contributed by atoms with Crippen molar-refractivity contribution >= 4 is 33.0 Å². The molecule has 0 saturated heterocycles. The molecule has 5 N–H and O–H groups in total. The SMILES string of the molecule is COC(Nc1c(NC(C)C)c(=O)c1=O)c1ccc(Cl)c(S(N)(=O)=O)c1O. The molecule has 0 aromatic heterocycles. The zero-order valence-electron chi connectivity index (χ0n) is 14.2. The Bertz CT molecular complexity index is 1010. The molecule has 0 fully saturated rings. The Morgan fingerprint density at radius 3 is 2.15 bits per heavy atom. The molecule has 142 valence electrons. The van der Waals surface area contributed by atoms with Gasteiger partial charge in [-0.25, -0.2) is 13.6 Å². The van der Waals surface area contributed by atoms with Gasteiger partial charge in [0.1, 0.15) is 22.0 Å². The highest BCUT2D eigenvalue weighted by atomic mass is 35.5. The number of nitrogens with two attached hydrogens (primary N) is 1. The van der Waals surface area contributed by atoms with Gasteiger partial charge < -0.3 is 20.5 Å². The normalized spacial score (nSPS) is 13.2. The number of halogens is 1. The van der Waals surface area contributed by atoms with Crippen LogP contribution in [-0.2, 0) is 14.8 Å². The second-order valence-electron chi connectivity index (χ2n) is 5.83. The molecule has 0 heterocycles. The summed E-state index contributed by atoms with van der Waals surface area (Å²) in [5.41, 5.74) is -1.39. The fourth-order valence-corrected chi connectivity index (χ4v) is 3.60. The second-order valence-corrected chi connectivity index (χ2v) is 7.73. The van der Waals surface area contributed by atoms with Crippen molar-refractivity contribution in [3.63, 3.8) is 0 Å². The lowest BCUT2D eigenvalue weighted by Gasteiger charge is -2.24. The van der Waals surface area contributed by atoms with Crippen LogP contribution < -0.4 is 26.6 Å². The zero-order valence-corrected chi connectivity index (χ0v) is 15.7. The molecule has 0 bridgehead atoms. The largest absolute Gasteiger partial charge is 0.506 e. The number of phenols is 1. The predicted octanol–water partition coefficient (Wildman–Crippen LogP) is 0.866. The molecular weight excluding hydrogens is 386 g/mol. The standard InChI is InChI=1S/C15H18ClN3O6S/c1-6(2)18-9-10(13(22)12(9)21)19-15(25-3)7-4-5-8(16)14(11(7)20)26(17,23)24/h4-6,15,18-20H,1-3H3,(H2,17,23,24). The maximum Gasteiger partial charge on any atom is 0.253 e. The Kier molecular flexibility index (Phi) is 5.61. The van der Waals surface area contributed by atoms with E-state index in [1.165, 1.54) is 19.2 Å². The van der Waals surface area contributed by atoms with Crippen LogP contribution in [0.25, 0.3) is 0 Å². The molecule has 2 rings (SSSR count). The summed E-state index contributed by atoms with van der Waals surface area (Å²) in [5.74, 6) is -0.712. The van der Waals surface area contributed by atoms with Crippen molar-refractivity contribution in [3.05, 3.63) is 43.2 Å². The van der Waals surface area contributed by atoms with Gasteiger partial charge in [-0.1, -0.05) is 11.6 Å². The Morgan fingerprint density at radius 1 is 1.15 bits per heavy atom. The van der Waals surface area contributed by atoms with Crippen LogP contribution in [0.1, 0.15) is 25.6 Å². The van der Waals surface area contributed by atoms with Gasteiger partial charge in [-0.15, -0.1) is 0 Å². The van der Waals surface area contributed by atoms with E-state index in [1.807, 2.05) is 0 Å². The number of hydrogen-bond donors (Lipinski definition) is 4. The van der Waals surface area contributed by atoms with Crippen molar-refractivity contribution < 1.29 is 18.3 Å². The fraction of sp³-hybridized carbons (Fsp3) is 0.333. The number of sulfonamides is 1. The summed E-state index contributed by atoms with van der Waals surface area (Å²) in [6.45, 7) is 3.58. The van der Waals surface area contributed by atoms with Gasteiger partial charge in [0.2, 0.25) is 10.0 Å². The molecule has 2 aromatic carbocycles. The molecule has 0 aliphatic rings. The number of ether oxygens (including phenoxy) is 1. The first kappa shape index (κ1) is 20.2. The number of hydrogen-bond acceptors (Lipinski definition) is 8. The molecule has 1 atom stereocenters. The van der Waals surface area contributed by atoms with E-state index in [4.69, 9.17) is 21.5 Å². The lowest BCUT2D eigenvalue weighted by Crippen LogP contribution is -2.39. The average Bonchev–Trinajstić information content (AvgIpc) is 2.53. The topological polar surface area (TPSA) is 148 Å². The predicted molar refractivity (Wildman–Crippen MR) is 98.0 cm³/mol. The van der Waals surface area contributed by atoms with Gasteiger partial charge in [-0.05, 0) is 26.0 Å². The fourth-order valence-electron chi connectivity index (χ4n) is 2.39. The molecule has 0 aliphatic carbocycles. The number of nitrogens with one attached hydrogen (secondary N) is 2. The van der Waals surface area contributed by atoms with Crippen molar-refractivity contribution in [2.24, 2.45) is 5.14 Å². The third kappa shape index (κ3) is 3.68. The number of rotatable bonds is 7. The van der Waals surface area contributed by atoms with Gasteiger partial charge in [0, 0.05) is 18.7 Å². The van der Waals surface area contributed by atoms with E-state index in [-0.39, 0.29) is 28.0 Å². The van der Waals surface area contributed by atoms with Crippen molar-refractivity contribution in [2.75, 3.05) is 17.7 Å². The number of aromatic hydroxyl groups is 1. The van der Waals surface area contributed by atoms with Crippen molar-refractivity contribution in [1.82, 2.24) is 0 Å². The quantitative estimate of drug-likeness (QED) is 0.393. The number of methoxy groups -OCH3 is 1. The molecule has 0 radical (unpaired) electrons. The minimum Gasteiger partial charge on any atom is -0.506 e. The molecular formula is C15H18ClN3O6S. The van der Waals surface area contributed by atoms with Crippen LogP contribution in [0.4, 0.5) is 11.4 Å². The average molecular weight is 404 g/mol. The van der Waals surface area contributed by atoms with Crippen LogP contribution in [0, 0.1) is 0 Å². The summed E-state index contributed by atoms with van der Waals surface area (Å²) in [5, 5.41) is 20.6. The van der Waals surface area contributed by atoms with E-state index in [1.54, 1.807) is 13.8 Å². The zero-order chi connectivity index (χ0) is 19.8. The highest BCUT2D eigenvalue weighted by Crippen LogP contribution is 2.37. The van der Waals surface area contributed by atoms with Crippen LogP contribution in [-0.4, -0.2) is 26.7 Å². The molecule has 11 heteroatoms. The molecule has 0 amide bonds. The molecule has 26 heavy (non-hydrogen) atoms. The Hall–Kier alpha value is -2.14. The van der Waals surface area contributed by atoms with Gasteiger partial charge in [-0.2, -0.15) is 0 Å². The highest BCUT2D eigenvalue weighted by Gasteiger charge is 2.28. The Morgan fingerprint density at radius 2 is 1.69 bits per heavy atom. The third-order valence-corrected chi connectivity index (χ3v) is 4.95. The van der Waals surface area contributed by atoms with Crippen LogP contribution in [0.3, 0.4) is 0 Å². The van der Waals surface area contributed by atoms with Gasteiger partial charge >= 0.3 is 0 Å². The van der Waals surface area contributed by atoms with E-state index in [0.29, 0.717) is 0 Å². The Balaban J connectivity index is 2.48. The third-order valence-electron chi connectivity index (χ3n) is 3.54. The van der Waals surface area contributed by atoms with E-state index >= 15 is 0 Å². The first-order valence-corrected chi connectivity index (χ1v) is 9.34. The van der Waals surface area contributed by atoms with Crippen LogP contribution in [0.2, 0.25) is 5.02 Å². The molecule has 2 aromatic rings. The van der Waals surface area contributed by atoms with Gasteiger partial charge in [0.25, 0.3) is 10.9 Å². The minimum atomic E-state index is -4.31. The number of anilines is 2. The summed E-state index contributed by atoms with van der Waals surface area (Å²) in [6, 6.07) is 2.44. The van der Waals surface area contributed by atoms with Gasteiger partial charge in [-0.3, -0.25) is 9.59 Å². The van der Waals surface area contributed by atoms with Crippen molar-refractivity contribution in [3.8, 4) is 5.75 Å². The van der Waals surface area contributed by atoms with Crippen LogP contribution >= 0.6 is 11.6 Å².